The number of rotatable bonds is 0. The van der Waals surface area contributed by atoms with Crippen molar-refractivity contribution in [1.29, 1.82) is 0 Å². The largest absolute Gasteiger partial charge is 0.486 e. The predicted molar refractivity (Wildman–Crippen MR) is 53.2 cm³/mol. The number of benzene rings is 1. The summed E-state index contributed by atoms with van der Waals surface area (Å²) in [5.41, 5.74) is 2.57. The summed E-state index contributed by atoms with van der Waals surface area (Å²) in [6.07, 6.45) is 2.83. The molecule has 3 heterocycles. The molecule has 3 aliphatic rings. The fourth-order valence-corrected chi connectivity index (χ4v) is 2.84. The summed E-state index contributed by atoms with van der Waals surface area (Å²) in [5, 5.41) is 0. The number of fused-ring (bicyclic) bond motifs is 7. The first-order chi connectivity index (χ1) is 7.43. The van der Waals surface area contributed by atoms with Crippen LogP contribution in [-0.4, -0.2) is 13.2 Å². The number of hydrogen-bond acceptors (Lipinski definition) is 3. The predicted octanol–water partition coefficient (Wildman–Crippen LogP) is 2.36. The van der Waals surface area contributed by atoms with Crippen molar-refractivity contribution in [1.82, 2.24) is 0 Å². The summed E-state index contributed by atoms with van der Waals surface area (Å²) in [4.78, 5) is 0. The second-order valence-corrected chi connectivity index (χ2v) is 4.28. The molecule has 2 bridgehead atoms. The lowest BCUT2D eigenvalue weighted by Crippen LogP contribution is -2.17. The monoisotopic (exact) mass is 204 g/mol. The molecule has 0 unspecified atom stereocenters. The van der Waals surface area contributed by atoms with Crippen molar-refractivity contribution in [3.63, 3.8) is 0 Å². The molecule has 3 heteroatoms. The van der Waals surface area contributed by atoms with Crippen LogP contribution in [-0.2, 0) is 4.74 Å². The molecule has 3 nitrogen and oxygen atoms in total. The molecule has 1 aromatic carbocycles. The number of ether oxygens (including phenoxy) is 3. The molecule has 0 spiro atoms. The van der Waals surface area contributed by atoms with Gasteiger partial charge in [-0.05, 0) is 24.5 Å². The van der Waals surface area contributed by atoms with Crippen molar-refractivity contribution in [3.05, 3.63) is 23.3 Å². The Morgan fingerprint density at radius 2 is 1.87 bits per heavy atom. The van der Waals surface area contributed by atoms with Gasteiger partial charge in [0.25, 0.3) is 0 Å². The standard InChI is InChI=1S/C12H12O3/c1-2-10-12(14-6-5-13-10)11-7(1)8-3-4-9(11)15-8/h1-2,8-9H,3-6H2/t8-,9+/m1/s1. The van der Waals surface area contributed by atoms with Crippen molar-refractivity contribution in [2.75, 3.05) is 13.2 Å². The summed E-state index contributed by atoms with van der Waals surface area (Å²) in [6.45, 7) is 1.31. The molecule has 0 N–H and O–H groups in total. The van der Waals surface area contributed by atoms with Gasteiger partial charge in [-0.3, -0.25) is 0 Å². The van der Waals surface area contributed by atoms with E-state index in [1.165, 1.54) is 11.1 Å². The van der Waals surface area contributed by atoms with Crippen molar-refractivity contribution in [2.45, 2.75) is 25.0 Å². The van der Waals surface area contributed by atoms with Gasteiger partial charge >= 0.3 is 0 Å². The Bertz CT molecular complexity index is 427. The van der Waals surface area contributed by atoms with Gasteiger partial charge < -0.3 is 14.2 Å². The smallest absolute Gasteiger partial charge is 0.167 e. The van der Waals surface area contributed by atoms with E-state index in [2.05, 4.69) is 6.07 Å². The summed E-state index contributed by atoms with van der Waals surface area (Å²) >= 11 is 0. The maximum atomic E-state index is 5.87. The molecule has 78 valence electrons. The maximum Gasteiger partial charge on any atom is 0.167 e. The van der Waals surface area contributed by atoms with Gasteiger partial charge in [0.2, 0.25) is 0 Å². The van der Waals surface area contributed by atoms with Gasteiger partial charge in [-0.2, -0.15) is 0 Å². The molecule has 1 saturated heterocycles. The SMILES string of the molecule is c1cc2c(c3c1OCCO3)[C@@H]1CC[C@H]2O1. The van der Waals surface area contributed by atoms with E-state index in [1.54, 1.807) is 0 Å². The minimum atomic E-state index is 0.252. The third-order valence-corrected chi connectivity index (χ3v) is 3.47. The zero-order valence-electron chi connectivity index (χ0n) is 8.36. The topological polar surface area (TPSA) is 27.7 Å². The molecule has 15 heavy (non-hydrogen) atoms. The molecule has 0 aliphatic carbocycles. The zero-order chi connectivity index (χ0) is 9.83. The Hall–Kier alpha value is -1.22. The van der Waals surface area contributed by atoms with Crippen LogP contribution in [0.15, 0.2) is 12.1 Å². The second-order valence-electron chi connectivity index (χ2n) is 4.28. The Kier molecular flexibility index (Phi) is 1.42. The van der Waals surface area contributed by atoms with Crippen LogP contribution in [0.5, 0.6) is 11.5 Å². The van der Waals surface area contributed by atoms with Crippen molar-refractivity contribution in [2.24, 2.45) is 0 Å². The quantitative estimate of drug-likeness (QED) is 0.649. The van der Waals surface area contributed by atoms with Gasteiger partial charge in [-0.1, -0.05) is 6.07 Å². The third-order valence-electron chi connectivity index (χ3n) is 3.47. The fraction of sp³-hybridized carbons (Fsp3) is 0.500. The lowest BCUT2D eigenvalue weighted by molar-refractivity contribution is 0.0696. The van der Waals surface area contributed by atoms with Crippen LogP contribution < -0.4 is 9.47 Å². The first kappa shape index (κ1) is 7.99. The zero-order valence-corrected chi connectivity index (χ0v) is 8.36. The van der Waals surface area contributed by atoms with E-state index >= 15 is 0 Å². The van der Waals surface area contributed by atoms with Gasteiger partial charge in [0.1, 0.15) is 13.2 Å². The highest BCUT2D eigenvalue weighted by Crippen LogP contribution is 2.56. The van der Waals surface area contributed by atoms with Crippen LogP contribution in [0.25, 0.3) is 0 Å². The van der Waals surface area contributed by atoms with E-state index in [-0.39, 0.29) is 6.10 Å². The summed E-state index contributed by atoms with van der Waals surface area (Å²) in [7, 11) is 0. The highest BCUT2D eigenvalue weighted by Gasteiger charge is 2.41. The maximum absolute atomic E-state index is 5.87. The lowest BCUT2D eigenvalue weighted by Gasteiger charge is -2.23. The molecule has 0 aromatic heterocycles. The van der Waals surface area contributed by atoms with Gasteiger partial charge in [0.15, 0.2) is 11.5 Å². The first-order valence-corrected chi connectivity index (χ1v) is 5.51. The minimum Gasteiger partial charge on any atom is -0.486 e. The summed E-state index contributed by atoms with van der Waals surface area (Å²) in [5.74, 6) is 1.82. The van der Waals surface area contributed by atoms with Crippen LogP contribution in [0, 0.1) is 0 Å². The second kappa shape index (κ2) is 2.67. The fourth-order valence-electron chi connectivity index (χ4n) is 2.84. The molecule has 4 rings (SSSR count). The van der Waals surface area contributed by atoms with E-state index < -0.39 is 0 Å². The first-order valence-electron chi connectivity index (χ1n) is 5.51. The summed E-state index contributed by atoms with van der Waals surface area (Å²) in [6, 6.07) is 4.14. The molecular weight excluding hydrogens is 192 g/mol. The minimum absolute atomic E-state index is 0.252. The average molecular weight is 204 g/mol. The Balaban J connectivity index is 1.95. The molecule has 1 fully saturated rings. The van der Waals surface area contributed by atoms with Crippen LogP contribution in [0.4, 0.5) is 0 Å². The summed E-state index contributed by atoms with van der Waals surface area (Å²) < 4.78 is 17.2. The highest BCUT2D eigenvalue weighted by atomic mass is 16.6. The Morgan fingerprint density at radius 3 is 2.87 bits per heavy atom. The van der Waals surface area contributed by atoms with E-state index in [0.717, 1.165) is 24.3 Å². The normalized spacial score (nSPS) is 30.4. The van der Waals surface area contributed by atoms with Gasteiger partial charge in [0, 0.05) is 5.56 Å². The molecule has 0 saturated carbocycles. The van der Waals surface area contributed by atoms with Crippen molar-refractivity contribution < 1.29 is 14.2 Å². The van der Waals surface area contributed by atoms with E-state index in [1.807, 2.05) is 6.07 Å². The van der Waals surface area contributed by atoms with Crippen molar-refractivity contribution in [3.8, 4) is 11.5 Å². The third kappa shape index (κ3) is 0.939. The van der Waals surface area contributed by atoms with Gasteiger partial charge in [-0.15, -0.1) is 0 Å². The molecule has 1 aromatic rings. The van der Waals surface area contributed by atoms with E-state index in [4.69, 9.17) is 14.2 Å². The number of hydrogen-bond donors (Lipinski definition) is 0. The Labute approximate surface area is 87.9 Å². The van der Waals surface area contributed by atoms with Gasteiger partial charge in [-0.25, -0.2) is 0 Å². The average Bonchev–Trinajstić information content (AvgIpc) is 2.89. The Morgan fingerprint density at radius 1 is 1.00 bits per heavy atom. The van der Waals surface area contributed by atoms with Gasteiger partial charge in [0.05, 0.1) is 12.2 Å². The van der Waals surface area contributed by atoms with E-state index in [0.29, 0.717) is 19.3 Å². The molecule has 0 amide bonds. The lowest BCUT2D eigenvalue weighted by atomic mass is 9.90. The van der Waals surface area contributed by atoms with Crippen LogP contribution in [0.2, 0.25) is 0 Å². The molecular formula is C12H12O3. The molecule has 3 aliphatic heterocycles. The molecule has 0 radical (unpaired) electrons. The van der Waals surface area contributed by atoms with Crippen LogP contribution in [0.1, 0.15) is 36.2 Å². The molecule has 2 atom stereocenters. The van der Waals surface area contributed by atoms with Crippen molar-refractivity contribution >= 4 is 0 Å². The van der Waals surface area contributed by atoms with Crippen LogP contribution in [0.3, 0.4) is 0 Å². The van der Waals surface area contributed by atoms with Crippen LogP contribution >= 0.6 is 0 Å². The highest BCUT2D eigenvalue weighted by molar-refractivity contribution is 5.55. The van der Waals surface area contributed by atoms with E-state index in [9.17, 15) is 0 Å².